The molecule has 0 radical (unpaired) electrons. The Labute approximate surface area is 132 Å². The maximum atomic E-state index is 5.60. The molecule has 1 aliphatic carbocycles. The number of ether oxygens (including phenoxy) is 1. The van der Waals surface area contributed by atoms with Gasteiger partial charge in [-0.25, -0.2) is 0 Å². The van der Waals surface area contributed by atoms with Crippen LogP contribution in [-0.2, 0) is 0 Å². The Morgan fingerprint density at radius 3 is 2.45 bits per heavy atom. The Morgan fingerprint density at radius 2 is 1.90 bits per heavy atom. The van der Waals surface area contributed by atoms with Crippen LogP contribution in [0.2, 0.25) is 0 Å². The molecule has 20 heavy (non-hydrogen) atoms. The lowest BCUT2D eigenvalue weighted by Gasteiger charge is -2.37. The second-order valence-electron chi connectivity index (χ2n) is 6.78. The third-order valence-electron chi connectivity index (χ3n) is 4.61. The van der Waals surface area contributed by atoms with Crippen molar-refractivity contribution in [1.29, 1.82) is 0 Å². The van der Waals surface area contributed by atoms with Crippen molar-refractivity contribution in [3.8, 4) is 5.75 Å². The molecule has 112 valence electrons. The number of methoxy groups -OCH3 is 1. The highest BCUT2D eigenvalue weighted by Gasteiger charge is 2.42. The van der Waals surface area contributed by atoms with Gasteiger partial charge in [0.2, 0.25) is 0 Å². The lowest BCUT2D eigenvalue weighted by molar-refractivity contribution is 0.227. The van der Waals surface area contributed by atoms with Crippen LogP contribution in [-0.4, -0.2) is 7.11 Å². The zero-order chi connectivity index (χ0) is 14.8. The highest BCUT2D eigenvalue weighted by molar-refractivity contribution is 9.09. The minimum Gasteiger partial charge on any atom is -0.496 e. The molecule has 0 heterocycles. The first-order valence-electron chi connectivity index (χ1n) is 7.77. The standard InChI is InChI=1S/C18H27BrO/c1-13(2)12-18(9-5-6-10-18)17(19)15-11-14(3)7-8-16(15)20-4/h7-8,11,13,17H,5-6,9-10,12H2,1-4H3. The molecule has 1 unspecified atom stereocenters. The predicted molar refractivity (Wildman–Crippen MR) is 89.8 cm³/mol. The summed E-state index contributed by atoms with van der Waals surface area (Å²) in [5.41, 5.74) is 3.04. The van der Waals surface area contributed by atoms with Crippen molar-refractivity contribution >= 4 is 15.9 Å². The van der Waals surface area contributed by atoms with Crippen molar-refractivity contribution in [2.45, 2.75) is 57.7 Å². The van der Waals surface area contributed by atoms with Crippen LogP contribution in [0.5, 0.6) is 5.75 Å². The van der Waals surface area contributed by atoms with E-state index in [1.54, 1.807) is 7.11 Å². The molecule has 1 aliphatic rings. The Bertz CT molecular complexity index is 447. The summed E-state index contributed by atoms with van der Waals surface area (Å²) >= 11 is 4.04. The average molecular weight is 339 g/mol. The summed E-state index contributed by atoms with van der Waals surface area (Å²) in [6.07, 6.45) is 6.68. The molecule has 0 aromatic heterocycles. The number of hydrogen-bond donors (Lipinski definition) is 0. The molecule has 1 nitrogen and oxygen atoms in total. The summed E-state index contributed by atoms with van der Waals surface area (Å²) in [5.74, 6) is 1.76. The molecule has 2 heteroatoms. The predicted octanol–water partition coefficient (Wildman–Crippen LogP) is 6.05. The van der Waals surface area contributed by atoms with Crippen molar-refractivity contribution in [3.05, 3.63) is 29.3 Å². The molecule has 1 saturated carbocycles. The SMILES string of the molecule is COc1ccc(C)cc1C(Br)C1(CC(C)C)CCCC1. The van der Waals surface area contributed by atoms with Gasteiger partial charge in [-0.3, -0.25) is 0 Å². The quantitative estimate of drug-likeness (QED) is 0.594. The van der Waals surface area contributed by atoms with Crippen LogP contribution >= 0.6 is 15.9 Å². The van der Waals surface area contributed by atoms with Gasteiger partial charge in [0.25, 0.3) is 0 Å². The second kappa shape index (κ2) is 6.51. The molecule has 0 saturated heterocycles. The highest BCUT2D eigenvalue weighted by Crippen LogP contribution is 2.56. The number of benzene rings is 1. The van der Waals surface area contributed by atoms with Crippen LogP contribution in [0.25, 0.3) is 0 Å². The van der Waals surface area contributed by atoms with E-state index in [4.69, 9.17) is 4.74 Å². The maximum absolute atomic E-state index is 5.60. The van der Waals surface area contributed by atoms with Gasteiger partial charge in [-0.2, -0.15) is 0 Å². The molecule has 1 aromatic carbocycles. The fourth-order valence-electron chi connectivity index (χ4n) is 3.83. The van der Waals surface area contributed by atoms with Gasteiger partial charge >= 0.3 is 0 Å². The van der Waals surface area contributed by atoms with Gasteiger partial charge in [0.15, 0.2) is 0 Å². The largest absolute Gasteiger partial charge is 0.496 e. The van der Waals surface area contributed by atoms with Crippen molar-refractivity contribution in [2.24, 2.45) is 11.3 Å². The van der Waals surface area contributed by atoms with E-state index in [0.717, 1.165) is 11.7 Å². The van der Waals surface area contributed by atoms with Gasteiger partial charge in [0, 0.05) is 10.4 Å². The van der Waals surface area contributed by atoms with Gasteiger partial charge in [-0.05, 0) is 43.6 Å². The van der Waals surface area contributed by atoms with Crippen LogP contribution in [0, 0.1) is 18.3 Å². The molecule has 0 N–H and O–H groups in total. The summed E-state index contributed by atoms with van der Waals surface area (Å²) in [7, 11) is 1.78. The molecule has 0 spiro atoms. The number of halogens is 1. The maximum Gasteiger partial charge on any atom is 0.123 e. The summed E-state index contributed by atoms with van der Waals surface area (Å²) in [6.45, 7) is 6.84. The van der Waals surface area contributed by atoms with Crippen molar-refractivity contribution in [1.82, 2.24) is 0 Å². The molecule has 1 atom stereocenters. The van der Waals surface area contributed by atoms with E-state index < -0.39 is 0 Å². The molecule has 0 aliphatic heterocycles. The van der Waals surface area contributed by atoms with E-state index in [0.29, 0.717) is 10.2 Å². The second-order valence-corrected chi connectivity index (χ2v) is 7.69. The van der Waals surface area contributed by atoms with Crippen molar-refractivity contribution in [3.63, 3.8) is 0 Å². The number of rotatable bonds is 5. The molecule has 1 aromatic rings. The van der Waals surface area contributed by atoms with E-state index >= 15 is 0 Å². The van der Waals surface area contributed by atoms with Crippen molar-refractivity contribution in [2.75, 3.05) is 7.11 Å². The van der Waals surface area contributed by atoms with Crippen LogP contribution in [0.15, 0.2) is 18.2 Å². The van der Waals surface area contributed by atoms with E-state index in [2.05, 4.69) is 54.9 Å². The van der Waals surface area contributed by atoms with E-state index in [1.807, 2.05) is 0 Å². The third-order valence-corrected chi connectivity index (χ3v) is 6.07. The molecule has 0 amide bonds. The topological polar surface area (TPSA) is 9.23 Å². The summed E-state index contributed by atoms with van der Waals surface area (Å²) in [5, 5.41) is 0. The summed E-state index contributed by atoms with van der Waals surface area (Å²) < 4.78 is 5.60. The first-order valence-corrected chi connectivity index (χ1v) is 8.69. The Kier molecular flexibility index (Phi) is 5.17. The van der Waals surface area contributed by atoms with E-state index in [1.165, 1.54) is 43.2 Å². The lowest BCUT2D eigenvalue weighted by Crippen LogP contribution is -2.25. The summed E-state index contributed by atoms with van der Waals surface area (Å²) in [4.78, 5) is 0.398. The van der Waals surface area contributed by atoms with Crippen LogP contribution in [0.4, 0.5) is 0 Å². The molecular formula is C18H27BrO. The fourth-order valence-corrected chi connectivity index (χ4v) is 4.84. The smallest absolute Gasteiger partial charge is 0.123 e. The van der Waals surface area contributed by atoms with Gasteiger partial charge in [0.05, 0.1) is 7.11 Å². The Balaban J connectivity index is 2.36. The van der Waals surface area contributed by atoms with Gasteiger partial charge < -0.3 is 4.74 Å². The third kappa shape index (κ3) is 3.21. The number of aryl methyl sites for hydroxylation is 1. The Morgan fingerprint density at radius 1 is 1.25 bits per heavy atom. The van der Waals surface area contributed by atoms with Crippen molar-refractivity contribution < 1.29 is 4.74 Å². The molecule has 2 rings (SSSR count). The number of hydrogen-bond acceptors (Lipinski definition) is 1. The van der Waals surface area contributed by atoms with Crippen LogP contribution in [0.3, 0.4) is 0 Å². The zero-order valence-corrected chi connectivity index (χ0v) is 14.8. The monoisotopic (exact) mass is 338 g/mol. The van der Waals surface area contributed by atoms with Gasteiger partial charge in [-0.1, -0.05) is 60.3 Å². The van der Waals surface area contributed by atoms with Gasteiger partial charge in [-0.15, -0.1) is 0 Å². The average Bonchev–Trinajstić information content (AvgIpc) is 2.86. The Hall–Kier alpha value is -0.500. The van der Waals surface area contributed by atoms with Crippen LogP contribution in [0.1, 0.15) is 61.9 Å². The fraction of sp³-hybridized carbons (Fsp3) is 0.667. The van der Waals surface area contributed by atoms with E-state index in [9.17, 15) is 0 Å². The first kappa shape index (κ1) is 15.9. The lowest BCUT2D eigenvalue weighted by atomic mass is 9.73. The highest BCUT2D eigenvalue weighted by atomic mass is 79.9. The minimum atomic E-state index is 0.398. The minimum absolute atomic E-state index is 0.398. The molecule has 0 bridgehead atoms. The van der Waals surface area contributed by atoms with Crippen LogP contribution < -0.4 is 4.74 Å². The first-order chi connectivity index (χ1) is 9.48. The van der Waals surface area contributed by atoms with E-state index in [-0.39, 0.29) is 0 Å². The number of alkyl halides is 1. The molecule has 1 fully saturated rings. The summed E-state index contributed by atoms with van der Waals surface area (Å²) in [6, 6.07) is 6.53. The van der Waals surface area contributed by atoms with Gasteiger partial charge in [0.1, 0.15) is 5.75 Å². The zero-order valence-electron chi connectivity index (χ0n) is 13.2. The normalized spacial score (nSPS) is 19.3. The molecular weight excluding hydrogens is 312 g/mol.